The third-order valence-electron chi connectivity index (χ3n) is 5.00. The highest BCUT2D eigenvalue weighted by Gasteiger charge is 2.11. The van der Waals surface area contributed by atoms with Crippen LogP contribution in [0.5, 0.6) is 0 Å². The van der Waals surface area contributed by atoms with Crippen molar-refractivity contribution in [2.24, 2.45) is 0 Å². The predicted octanol–water partition coefficient (Wildman–Crippen LogP) is 1.88. The van der Waals surface area contributed by atoms with Crippen molar-refractivity contribution in [3.63, 3.8) is 0 Å². The van der Waals surface area contributed by atoms with Gasteiger partial charge in [-0.25, -0.2) is 0 Å². The molecule has 0 aromatic rings. The van der Waals surface area contributed by atoms with Crippen LogP contribution in [0.15, 0.2) is 0 Å². The number of rotatable bonds is 27. The molecule has 0 saturated carbocycles. The van der Waals surface area contributed by atoms with Gasteiger partial charge in [0, 0.05) is 53.4 Å². The zero-order valence-corrected chi connectivity index (χ0v) is 23.8. The molecule has 0 aromatic carbocycles. The third-order valence-corrected chi connectivity index (χ3v) is 5.66. The molecule has 0 aliphatic heterocycles. The van der Waals surface area contributed by atoms with E-state index in [1.165, 1.54) is 6.66 Å². The first-order valence-corrected chi connectivity index (χ1v) is 15.0. The summed E-state index contributed by atoms with van der Waals surface area (Å²) < 4.78 is 42.6. The Morgan fingerprint density at radius 2 is 1.30 bits per heavy atom. The average Bonchev–Trinajstić information content (AvgIpc) is 2.84. The number of carbonyl (C=O) groups excluding carboxylic acids is 2. The molecule has 0 aliphatic carbocycles. The number of unbranched alkanes of at least 4 members (excludes halogenated alkanes) is 3. The third kappa shape index (κ3) is 27.7. The van der Waals surface area contributed by atoms with Gasteiger partial charge in [-0.15, -0.1) is 0 Å². The van der Waals surface area contributed by atoms with Crippen LogP contribution in [0.3, 0.4) is 0 Å². The lowest BCUT2D eigenvalue weighted by molar-refractivity contribution is -0.122. The van der Waals surface area contributed by atoms with E-state index in [1.807, 2.05) is 0 Å². The number of hydrogen-bond acceptors (Lipinski definition) is 9. The SMILES string of the molecule is COCCOCC(COCCCNC(=O)CCCC(=O)NCCCCCCOP(C)(=O)O)OCCOC. The zero-order valence-electron chi connectivity index (χ0n) is 22.9. The maximum atomic E-state index is 11.9. The molecule has 0 rings (SSSR count). The van der Waals surface area contributed by atoms with E-state index in [0.717, 1.165) is 19.3 Å². The van der Waals surface area contributed by atoms with E-state index in [9.17, 15) is 14.2 Å². The fraction of sp³-hybridized carbons (Fsp3) is 0.917. The summed E-state index contributed by atoms with van der Waals surface area (Å²) in [6.07, 6.45) is 4.89. The Bertz CT molecular complexity index is 606. The lowest BCUT2D eigenvalue weighted by atomic mass is 10.2. The minimum Gasteiger partial charge on any atom is -0.382 e. The van der Waals surface area contributed by atoms with Crippen molar-refractivity contribution < 1.29 is 47.3 Å². The summed E-state index contributed by atoms with van der Waals surface area (Å²) in [6, 6.07) is 0. The molecular weight excluding hydrogens is 507 g/mol. The number of nitrogens with one attached hydrogen (secondary N) is 2. The van der Waals surface area contributed by atoms with E-state index in [0.29, 0.717) is 91.4 Å². The first kappa shape index (κ1) is 35.9. The van der Waals surface area contributed by atoms with Gasteiger partial charge in [0.25, 0.3) is 0 Å². The van der Waals surface area contributed by atoms with Gasteiger partial charge < -0.3 is 43.7 Å². The van der Waals surface area contributed by atoms with Crippen molar-refractivity contribution >= 4 is 19.4 Å². The molecule has 12 nitrogen and oxygen atoms in total. The highest BCUT2D eigenvalue weighted by molar-refractivity contribution is 7.51. The summed E-state index contributed by atoms with van der Waals surface area (Å²) in [4.78, 5) is 32.8. The van der Waals surface area contributed by atoms with Crippen molar-refractivity contribution in [3.05, 3.63) is 0 Å². The standard InChI is InChI=1S/C24H49N2O10P/c1-31-16-18-34-21-22(35-19-17-32-2)20-33-14-9-13-26-24(28)11-8-10-23(27)25-12-6-4-5-7-15-36-37(3,29)30/h22H,4-21H2,1-3H3,(H,25,27)(H,26,28)(H,29,30). The van der Waals surface area contributed by atoms with E-state index in [-0.39, 0.29) is 24.5 Å². The number of carbonyl (C=O) groups is 2. The van der Waals surface area contributed by atoms with Crippen LogP contribution in [-0.4, -0.2) is 110 Å². The second-order valence-electron chi connectivity index (χ2n) is 8.59. The first-order chi connectivity index (χ1) is 17.8. The molecule has 2 unspecified atom stereocenters. The fourth-order valence-electron chi connectivity index (χ4n) is 3.04. The van der Waals surface area contributed by atoms with Gasteiger partial charge in [-0.2, -0.15) is 0 Å². The minimum absolute atomic E-state index is 0.0646. The Morgan fingerprint density at radius 3 is 1.92 bits per heavy atom. The largest absolute Gasteiger partial charge is 0.382 e. The Labute approximate surface area is 221 Å². The van der Waals surface area contributed by atoms with Crippen LogP contribution in [0, 0.1) is 0 Å². The van der Waals surface area contributed by atoms with Gasteiger partial charge in [0.1, 0.15) is 6.10 Å². The van der Waals surface area contributed by atoms with Crippen LogP contribution in [-0.2, 0) is 42.4 Å². The zero-order chi connectivity index (χ0) is 27.6. The lowest BCUT2D eigenvalue weighted by Gasteiger charge is -2.18. The Hall–Kier alpha value is -1.11. The molecule has 13 heteroatoms. The van der Waals surface area contributed by atoms with Gasteiger partial charge in [0.15, 0.2) is 0 Å². The Kier molecular flexibility index (Phi) is 24.4. The van der Waals surface area contributed by atoms with Crippen LogP contribution in [0.1, 0.15) is 51.4 Å². The topological polar surface area (TPSA) is 151 Å². The molecule has 37 heavy (non-hydrogen) atoms. The van der Waals surface area contributed by atoms with Crippen LogP contribution in [0.4, 0.5) is 0 Å². The highest BCUT2D eigenvalue weighted by atomic mass is 31.2. The average molecular weight is 557 g/mol. The molecular formula is C24H49N2O10P. The Balaban J connectivity index is 3.66. The fourth-order valence-corrected chi connectivity index (χ4v) is 3.51. The summed E-state index contributed by atoms with van der Waals surface area (Å²) >= 11 is 0. The molecule has 0 bridgehead atoms. The summed E-state index contributed by atoms with van der Waals surface area (Å²) in [5.74, 6) is -0.146. The number of hydrogen-bond donors (Lipinski definition) is 3. The van der Waals surface area contributed by atoms with E-state index in [4.69, 9.17) is 33.1 Å². The molecule has 0 heterocycles. The first-order valence-electron chi connectivity index (χ1n) is 13.0. The molecule has 2 atom stereocenters. The molecule has 0 aromatic heterocycles. The van der Waals surface area contributed by atoms with Gasteiger partial charge in [-0.3, -0.25) is 14.2 Å². The maximum Gasteiger partial charge on any atom is 0.325 e. The summed E-state index contributed by atoms with van der Waals surface area (Å²) in [6.45, 7) is 5.76. The quantitative estimate of drug-likeness (QED) is 0.101. The van der Waals surface area contributed by atoms with Crippen molar-refractivity contribution in [1.82, 2.24) is 10.6 Å². The number of amides is 2. The monoisotopic (exact) mass is 556 g/mol. The summed E-state index contributed by atoms with van der Waals surface area (Å²) in [5.41, 5.74) is 0. The predicted molar refractivity (Wildman–Crippen MR) is 140 cm³/mol. The second-order valence-corrected chi connectivity index (χ2v) is 10.4. The van der Waals surface area contributed by atoms with Gasteiger partial charge >= 0.3 is 7.60 Å². The molecule has 220 valence electrons. The second kappa shape index (κ2) is 25.2. The van der Waals surface area contributed by atoms with E-state index in [2.05, 4.69) is 10.6 Å². The van der Waals surface area contributed by atoms with E-state index >= 15 is 0 Å². The molecule has 0 saturated heterocycles. The van der Waals surface area contributed by atoms with Gasteiger partial charge in [-0.1, -0.05) is 12.8 Å². The van der Waals surface area contributed by atoms with Crippen LogP contribution in [0.2, 0.25) is 0 Å². The van der Waals surface area contributed by atoms with Gasteiger partial charge in [-0.05, 0) is 25.7 Å². The van der Waals surface area contributed by atoms with Crippen molar-refractivity contribution in [2.45, 2.75) is 57.5 Å². The molecule has 0 spiro atoms. The molecule has 0 fully saturated rings. The highest BCUT2D eigenvalue weighted by Crippen LogP contribution is 2.36. The van der Waals surface area contributed by atoms with Crippen LogP contribution >= 0.6 is 7.60 Å². The minimum atomic E-state index is -3.39. The lowest BCUT2D eigenvalue weighted by Crippen LogP contribution is -2.29. The van der Waals surface area contributed by atoms with Crippen molar-refractivity contribution in [1.29, 1.82) is 0 Å². The Morgan fingerprint density at radius 1 is 0.730 bits per heavy atom. The molecule has 3 N–H and O–H groups in total. The molecule has 0 aliphatic rings. The van der Waals surface area contributed by atoms with E-state index in [1.54, 1.807) is 14.2 Å². The number of ether oxygens (including phenoxy) is 5. The number of methoxy groups -OCH3 is 2. The van der Waals surface area contributed by atoms with E-state index < -0.39 is 7.60 Å². The van der Waals surface area contributed by atoms with Crippen molar-refractivity contribution in [3.8, 4) is 0 Å². The van der Waals surface area contributed by atoms with Crippen LogP contribution < -0.4 is 10.6 Å². The van der Waals surface area contributed by atoms with Gasteiger partial charge in [0.2, 0.25) is 11.8 Å². The normalized spacial score (nSPS) is 13.7. The summed E-state index contributed by atoms with van der Waals surface area (Å²) in [7, 11) is -0.153. The van der Waals surface area contributed by atoms with Crippen molar-refractivity contribution in [2.75, 3.05) is 86.8 Å². The maximum absolute atomic E-state index is 11.9. The summed E-state index contributed by atoms with van der Waals surface area (Å²) in [5, 5.41) is 5.69. The molecule has 2 amide bonds. The molecule has 0 radical (unpaired) electrons. The smallest absolute Gasteiger partial charge is 0.325 e. The van der Waals surface area contributed by atoms with Gasteiger partial charge in [0.05, 0.1) is 46.2 Å². The van der Waals surface area contributed by atoms with Crippen LogP contribution in [0.25, 0.3) is 0 Å².